The summed E-state index contributed by atoms with van der Waals surface area (Å²) in [7, 11) is 0. The maximum Gasteiger partial charge on any atom is 0.235 e. The molecule has 1 aromatic heterocycles. The van der Waals surface area contributed by atoms with Crippen molar-refractivity contribution >= 4 is 11.0 Å². The van der Waals surface area contributed by atoms with Gasteiger partial charge < -0.3 is 24.5 Å². The highest BCUT2D eigenvalue weighted by Crippen LogP contribution is 2.36. The Bertz CT molecular complexity index is 983. The molecule has 0 aliphatic heterocycles. The number of hydrogen-bond donors (Lipinski definition) is 3. The normalized spacial score (nSPS) is 11.0. The lowest BCUT2D eigenvalue weighted by atomic mass is 10.1. The Morgan fingerprint density at radius 3 is 2.28 bits per heavy atom. The number of rotatable bonds is 4. The molecule has 0 aliphatic rings. The molecule has 1 heterocycles. The largest absolute Gasteiger partial charge is 0.508 e. The molecule has 3 aromatic rings. The Balaban J connectivity index is 2.37. The van der Waals surface area contributed by atoms with E-state index in [1.165, 1.54) is 30.3 Å². The van der Waals surface area contributed by atoms with E-state index in [1.807, 2.05) is 6.92 Å². The lowest BCUT2D eigenvalue weighted by Crippen LogP contribution is -2.11. The fourth-order valence-corrected chi connectivity index (χ4v) is 2.73. The topological polar surface area (TPSA) is 100 Å². The minimum absolute atomic E-state index is 0.00754. The van der Waals surface area contributed by atoms with Gasteiger partial charge in [0.2, 0.25) is 11.2 Å². The summed E-state index contributed by atoms with van der Waals surface area (Å²) < 4.78 is 11.4. The highest BCUT2D eigenvalue weighted by molar-refractivity contribution is 5.86. The molecule has 0 bridgehead atoms. The predicted molar refractivity (Wildman–Crippen MR) is 93.4 cm³/mol. The zero-order valence-corrected chi connectivity index (χ0v) is 13.9. The van der Waals surface area contributed by atoms with Crippen molar-refractivity contribution in [1.82, 2.24) is 0 Å². The maximum atomic E-state index is 12.9. The van der Waals surface area contributed by atoms with Crippen molar-refractivity contribution in [3.63, 3.8) is 0 Å². The molecule has 2 aromatic carbocycles. The van der Waals surface area contributed by atoms with E-state index in [0.717, 1.165) is 0 Å². The molecule has 0 radical (unpaired) electrons. The Morgan fingerprint density at radius 2 is 1.64 bits per heavy atom. The van der Waals surface area contributed by atoms with Crippen LogP contribution in [0.25, 0.3) is 22.3 Å². The first kappa shape index (κ1) is 16.7. The molecule has 0 saturated heterocycles. The highest BCUT2D eigenvalue weighted by atomic mass is 16.5. The van der Waals surface area contributed by atoms with Gasteiger partial charge in [-0.3, -0.25) is 4.79 Å². The maximum absolute atomic E-state index is 12.9. The summed E-state index contributed by atoms with van der Waals surface area (Å²) in [6.45, 7) is 3.92. The average molecular weight is 342 g/mol. The summed E-state index contributed by atoms with van der Waals surface area (Å²) in [5, 5.41) is 29.6. The first-order valence-corrected chi connectivity index (χ1v) is 7.87. The van der Waals surface area contributed by atoms with Crippen molar-refractivity contribution < 1.29 is 24.5 Å². The first-order valence-electron chi connectivity index (χ1n) is 7.87. The van der Waals surface area contributed by atoms with Crippen molar-refractivity contribution in [2.45, 2.75) is 20.3 Å². The van der Waals surface area contributed by atoms with Gasteiger partial charge in [0.05, 0.1) is 12.0 Å². The van der Waals surface area contributed by atoms with Gasteiger partial charge in [-0.1, -0.05) is 6.92 Å². The second kappa shape index (κ2) is 6.39. The van der Waals surface area contributed by atoms with E-state index in [-0.39, 0.29) is 39.8 Å². The summed E-state index contributed by atoms with van der Waals surface area (Å²) in [5.74, 6) is -0.284. The van der Waals surface area contributed by atoms with Gasteiger partial charge in [0, 0.05) is 17.7 Å². The molecule has 0 fully saturated rings. The Kier molecular flexibility index (Phi) is 4.27. The van der Waals surface area contributed by atoms with Crippen LogP contribution in [0, 0.1) is 6.92 Å². The molecule has 0 amide bonds. The molecule has 25 heavy (non-hydrogen) atoms. The Labute approximate surface area is 143 Å². The van der Waals surface area contributed by atoms with E-state index in [0.29, 0.717) is 29.5 Å². The Morgan fingerprint density at radius 1 is 1.00 bits per heavy atom. The van der Waals surface area contributed by atoms with Gasteiger partial charge in [0.1, 0.15) is 22.8 Å². The van der Waals surface area contributed by atoms with Crippen LogP contribution in [0.1, 0.15) is 18.9 Å². The molecule has 3 rings (SSSR count). The summed E-state index contributed by atoms with van der Waals surface area (Å²) in [5.41, 5.74) is 0.688. The van der Waals surface area contributed by atoms with Gasteiger partial charge in [-0.15, -0.1) is 0 Å². The number of hydrogen-bond acceptors (Lipinski definition) is 6. The van der Waals surface area contributed by atoms with Crippen LogP contribution in [0.5, 0.6) is 23.0 Å². The van der Waals surface area contributed by atoms with E-state index < -0.39 is 0 Å². The Hall–Kier alpha value is -3.15. The number of aryl methyl sites for hydroxylation is 1. The van der Waals surface area contributed by atoms with E-state index in [9.17, 15) is 20.1 Å². The van der Waals surface area contributed by atoms with E-state index in [1.54, 1.807) is 6.92 Å². The molecule has 0 aliphatic carbocycles. The van der Waals surface area contributed by atoms with Crippen LogP contribution >= 0.6 is 0 Å². The van der Waals surface area contributed by atoms with Crippen molar-refractivity contribution in [2.24, 2.45) is 0 Å². The second-order valence-electron chi connectivity index (χ2n) is 5.81. The van der Waals surface area contributed by atoms with Crippen molar-refractivity contribution in [2.75, 3.05) is 6.61 Å². The molecular weight excluding hydrogens is 324 g/mol. The second-order valence-corrected chi connectivity index (χ2v) is 5.81. The van der Waals surface area contributed by atoms with E-state index in [2.05, 4.69) is 0 Å². The minimum atomic E-state index is -0.370. The summed E-state index contributed by atoms with van der Waals surface area (Å²) in [6.07, 6.45) is 0.691. The quantitative estimate of drug-likeness (QED) is 0.669. The monoisotopic (exact) mass is 342 g/mol. The number of aromatic hydroxyl groups is 3. The van der Waals surface area contributed by atoms with Crippen LogP contribution in [0.15, 0.2) is 39.5 Å². The lowest BCUT2D eigenvalue weighted by Gasteiger charge is -2.13. The fourth-order valence-electron chi connectivity index (χ4n) is 2.73. The molecular formula is C19H18O6. The molecule has 0 unspecified atom stereocenters. The summed E-state index contributed by atoms with van der Waals surface area (Å²) in [4.78, 5) is 12.9. The zero-order chi connectivity index (χ0) is 18.1. The van der Waals surface area contributed by atoms with Crippen LogP contribution in [0.2, 0.25) is 0 Å². The SMILES string of the molecule is CCCOc1c(-c2cc(O)cc(O)c2)oc2cc(O)cc(C)c2c1=O. The van der Waals surface area contributed by atoms with Crippen molar-refractivity contribution in [3.8, 4) is 34.3 Å². The first-order chi connectivity index (χ1) is 11.9. The lowest BCUT2D eigenvalue weighted by molar-refractivity contribution is 0.309. The van der Waals surface area contributed by atoms with Gasteiger partial charge in [-0.25, -0.2) is 0 Å². The third-order valence-corrected chi connectivity index (χ3v) is 3.75. The van der Waals surface area contributed by atoms with E-state index >= 15 is 0 Å². The van der Waals surface area contributed by atoms with Crippen LogP contribution in [0.4, 0.5) is 0 Å². The minimum Gasteiger partial charge on any atom is -0.508 e. The van der Waals surface area contributed by atoms with Gasteiger partial charge in [0.15, 0.2) is 5.76 Å². The zero-order valence-electron chi connectivity index (χ0n) is 13.9. The highest BCUT2D eigenvalue weighted by Gasteiger charge is 2.20. The molecule has 130 valence electrons. The number of phenols is 3. The molecule has 0 spiro atoms. The van der Waals surface area contributed by atoms with Crippen molar-refractivity contribution in [1.29, 1.82) is 0 Å². The molecule has 6 heteroatoms. The van der Waals surface area contributed by atoms with Gasteiger partial charge in [-0.2, -0.15) is 0 Å². The third kappa shape index (κ3) is 3.10. The van der Waals surface area contributed by atoms with Gasteiger partial charge in [-0.05, 0) is 37.1 Å². The number of phenolic OH excluding ortho intramolecular Hbond substituents is 3. The molecule has 3 N–H and O–H groups in total. The van der Waals surface area contributed by atoms with Crippen LogP contribution < -0.4 is 10.2 Å². The number of fused-ring (bicyclic) bond motifs is 1. The van der Waals surface area contributed by atoms with Crippen LogP contribution in [-0.4, -0.2) is 21.9 Å². The van der Waals surface area contributed by atoms with Gasteiger partial charge in [0.25, 0.3) is 0 Å². The van der Waals surface area contributed by atoms with E-state index in [4.69, 9.17) is 9.15 Å². The van der Waals surface area contributed by atoms with Crippen LogP contribution in [0.3, 0.4) is 0 Å². The van der Waals surface area contributed by atoms with Gasteiger partial charge >= 0.3 is 0 Å². The van der Waals surface area contributed by atoms with Crippen LogP contribution in [-0.2, 0) is 0 Å². The number of benzene rings is 2. The summed E-state index contributed by atoms with van der Waals surface area (Å²) >= 11 is 0. The molecule has 6 nitrogen and oxygen atoms in total. The third-order valence-electron chi connectivity index (χ3n) is 3.75. The average Bonchev–Trinajstić information content (AvgIpc) is 2.52. The predicted octanol–water partition coefficient (Wildman–Crippen LogP) is 3.67. The number of ether oxygens (including phenoxy) is 1. The molecule has 0 atom stereocenters. The standard InChI is InChI=1S/C19H18O6/c1-3-4-24-19-17(23)16-10(2)5-12(20)9-15(16)25-18(19)11-6-13(21)8-14(22)7-11/h5-9,20-22H,3-4H2,1-2H3. The molecule has 0 saturated carbocycles. The van der Waals surface area contributed by atoms with Crippen molar-refractivity contribution in [3.05, 3.63) is 46.1 Å². The summed E-state index contributed by atoms with van der Waals surface area (Å²) in [6, 6.07) is 6.71. The fraction of sp³-hybridized carbons (Fsp3) is 0.211. The smallest absolute Gasteiger partial charge is 0.235 e.